The summed E-state index contributed by atoms with van der Waals surface area (Å²) in [5, 5.41) is 0. The lowest BCUT2D eigenvalue weighted by Crippen LogP contribution is -2.17. The molecule has 0 radical (unpaired) electrons. The van der Waals surface area contributed by atoms with Crippen molar-refractivity contribution < 1.29 is 21.6 Å². The Morgan fingerprint density at radius 1 is 1.00 bits per heavy atom. The van der Waals surface area contributed by atoms with Crippen LogP contribution in [0.5, 0.6) is 0 Å². The molecule has 0 aliphatic heterocycles. The first-order valence-electron chi connectivity index (χ1n) is 5.43. The number of nitrogen functional groups attached to an aromatic ring is 1. The van der Waals surface area contributed by atoms with Crippen molar-refractivity contribution in [1.82, 2.24) is 0 Å². The summed E-state index contributed by atoms with van der Waals surface area (Å²) < 4.78 is 66.3. The van der Waals surface area contributed by atoms with Gasteiger partial charge in [0.15, 0.2) is 4.90 Å². The van der Waals surface area contributed by atoms with Gasteiger partial charge in [0.25, 0.3) is 10.0 Å². The standard InChI is InChI=1S/C12H8BrF3N2O2S/c13-8-5-7(1-2-9(8)14)18-21(19,20)12-10(15)3-6(17)4-11(12)16/h1-5,18H,17H2. The first-order valence-corrected chi connectivity index (χ1v) is 7.71. The monoisotopic (exact) mass is 380 g/mol. The van der Waals surface area contributed by atoms with Crippen molar-refractivity contribution in [3.8, 4) is 0 Å². The Morgan fingerprint density at radius 3 is 2.10 bits per heavy atom. The van der Waals surface area contributed by atoms with E-state index in [4.69, 9.17) is 5.73 Å². The van der Waals surface area contributed by atoms with E-state index in [1.807, 2.05) is 4.72 Å². The quantitative estimate of drug-likeness (QED) is 0.802. The summed E-state index contributed by atoms with van der Waals surface area (Å²) in [6.07, 6.45) is 0. The highest BCUT2D eigenvalue weighted by Crippen LogP contribution is 2.26. The zero-order chi connectivity index (χ0) is 15.8. The molecule has 21 heavy (non-hydrogen) atoms. The molecule has 3 N–H and O–H groups in total. The van der Waals surface area contributed by atoms with E-state index in [1.165, 1.54) is 0 Å². The predicted octanol–water partition coefficient (Wildman–Crippen LogP) is 3.25. The smallest absolute Gasteiger partial charge is 0.267 e. The molecule has 0 bridgehead atoms. The van der Waals surface area contributed by atoms with Crippen LogP contribution in [0.4, 0.5) is 24.5 Å². The van der Waals surface area contributed by atoms with Crippen LogP contribution in [-0.4, -0.2) is 8.42 Å². The highest BCUT2D eigenvalue weighted by molar-refractivity contribution is 9.10. The zero-order valence-corrected chi connectivity index (χ0v) is 12.6. The van der Waals surface area contributed by atoms with Crippen LogP contribution < -0.4 is 10.5 Å². The highest BCUT2D eigenvalue weighted by Gasteiger charge is 2.25. The third kappa shape index (κ3) is 3.30. The van der Waals surface area contributed by atoms with E-state index in [2.05, 4.69) is 15.9 Å². The van der Waals surface area contributed by atoms with Crippen LogP contribution in [0.3, 0.4) is 0 Å². The number of sulfonamides is 1. The molecule has 0 fully saturated rings. The van der Waals surface area contributed by atoms with Crippen molar-refractivity contribution in [3.05, 3.63) is 52.3 Å². The van der Waals surface area contributed by atoms with Crippen LogP contribution in [0.2, 0.25) is 0 Å². The third-order valence-corrected chi connectivity index (χ3v) is 4.50. The van der Waals surface area contributed by atoms with Gasteiger partial charge in [0.1, 0.15) is 17.5 Å². The molecule has 0 amide bonds. The zero-order valence-electron chi connectivity index (χ0n) is 10.2. The minimum atomic E-state index is -4.52. The molecule has 0 aromatic heterocycles. The van der Waals surface area contributed by atoms with E-state index >= 15 is 0 Å². The van der Waals surface area contributed by atoms with Crippen LogP contribution in [0.15, 0.2) is 39.7 Å². The number of halogens is 4. The molecule has 2 aromatic carbocycles. The van der Waals surface area contributed by atoms with Crippen LogP contribution in [0, 0.1) is 17.5 Å². The van der Waals surface area contributed by atoms with Gasteiger partial charge >= 0.3 is 0 Å². The van der Waals surface area contributed by atoms with Gasteiger partial charge in [0.2, 0.25) is 0 Å². The fourth-order valence-electron chi connectivity index (χ4n) is 1.60. The topological polar surface area (TPSA) is 72.2 Å². The predicted molar refractivity (Wildman–Crippen MR) is 75.7 cm³/mol. The molecule has 0 saturated heterocycles. The van der Waals surface area contributed by atoms with Crippen molar-refractivity contribution in [2.24, 2.45) is 0 Å². The molecule has 0 aliphatic rings. The fourth-order valence-corrected chi connectivity index (χ4v) is 3.15. The molecule has 0 aliphatic carbocycles. The second kappa shape index (κ2) is 5.57. The van der Waals surface area contributed by atoms with Gasteiger partial charge in [-0.15, -0.1) is 0 Å². The highest BCUT2D eigenvalue weighted by atomic mass is 79.9. The van der Waals surface area contributed by atoms with Gasteiger partial charge in [-0.1, -0.05) is 0 Å². The SMILES string of the molecule is Nc1cc(F)c(S(=O)(=O)Nc2ccc(F)c(Br)c2)c(F)c1. The minimum absolute atomic E-state index is 0.000880. The number of hydrogen-bond donors (Lipinski definition) is 2. The average molecular weight is 381 g/mol. The Hall–Kier alpha value is -1.74. The van der Waals surface area contributed by atoms with Gasteiger partial charge in [-0.2, -0.15) is 0 Å². The summed E-state index contributed by atoms with van der Waals surface area (Å²) in [4.78, 5) is -1.16. The first kappa shape index (κ1) is 15.6. The Morgan fingerprint density at radius 2 is 1.57 bits per heavy atom. The lowest BCUT2D eigenvalue weighted by Gasteiger charge is -2.10. The van der Waals surface area contributed by atoms with Crippen LogP contribution in [-0.2, 0) is 10.0 Å². The maximum atomic E-state index is 13.6. The minimum Gasteiger partial charge on any atom is -0.399 e. The molecule has 4 nitrogen and oxygen atoms in total. The van der Waals surface area contributed by atoms with E-state index in [0.29, 0.717) is 12.1 Å². The lowest BCUT2D eigenvalue weighted by atomic mass is 10.3. The van der Waals surface area contributed by atoms with Gasteiger partial charge < -0.3 is 5.73 Å². The summed E-state index contributed by atoms with van der Waals surface area (Å²) in [5.41, 5.74) is 4.92. The van der Waals surface area contributed by atoms with Crippen LogP contribution in [0.1, 0.15) is 0 Å². The van der Waals surface area contributed by atoms with E-state index in [0.717, 1.165) is 18.2 Å². The van der Waals surface area contributed by atoms with Crippen molar-refractivity contribution in [2.75, 3.05) is 10.5 Å². The molecule has 0 saturated carbocycles. The summed E-state index contributed by atoms with van der Waals surface area (Å²) >= 11 is 2.87. The molecule has 0 heterocycles. The summed E-state index contributed by atoms with van der Waals surface area (Å²) in [7, 11) is -4.52. The summed E-state index contributed by atoms with van der Waals surface area (Å²) in [6.45, 7) is 0. The summed E-state index contributed by atoms with van der Waals surface area (Å²) in [6, 6.07) is 4.62. The second-order valence-electron chi connectivity index (χ2n) is 4.05. The van der Waals surface area contributed by atoms with Gasteiger partial charge in [-0.05, 0) is 46.3 Å². The van der Waals surface area contributed by atoms with Gasteiger partial charge in [0.05, 0.1) is 10.2 Å². The van der Waals surface area contributed by atoms with E-state index < -0.39 is 32.4 Å². The Balaban J connectivity index is 2.46. The van der Waals surface area contributed by atoms with E-state index in [-0.39, 0.29) is 15.8 Å². The average Bonchev–Trinajstić information content (AvgIpc) is 2.31. The van der Waals surface area contributed by atoms with E-state index in [9.17, 15) is 21.6 Å². The molecule has 2 rings (SSSR count). The fraction of sp³-hybridized carbons (Fsp3) is 0. The number of anilines is 2. The van der Waals surface area contributed by atoms with Gasteiger partial charge in [-0.25, -0.2) is 21.6 Å². The molecular formula is C12H8BrF3N2O2S. The summed E-state index contributed by atoms with van der Waals surface area (Å²) in [5.74, 6) is -3.25. The molecule has 0 atom stereocenters. The Kier molecular flexibility index (Phi) is 4.15. The Labute approximate surface area is 127 Å². The number of hydrogen-bond acceptors (Lipinski definition) is 3. The molecule has 112 valence electrons. The van der Waals surface area contributed by atoms with Gasteiger partial charge in [0, 0.05) is 5.69 Å². The second-order valence-corrected chi connectivity index (χ2v) is 6.52. The maximum Gasteiger partial charge on any atom is 0.267 e. The Bertz CT molecular complexity index is 789. The molecule has 2 aromatic rings. The van der Waals surface area contributed by atoms with Crippen LogP contribution in [0.25, 0.3) is 0 Å². The normalized spacial score (nSPS) is 11.4. The van der Waals surface area contributed by atoms with Crippen molar-refractivity contribution >= 4 is 37.3 Å². The molecule has 0 spiro atoms. The van der Waals surface area contributed by atoms with Crippen molar-refractivity contribution in [1.29, 1.82) is 0 Å². The van der Waals surface area contributed by atoms with Crippen LogP contribution >= 0.6 is 15.9 Å². The molecule has 0 unspecified atom stereocenters. The third-order valence-electron chi connectivity index (χ3n) is 2.46. The molecular weight excluding hydrogens is 373 g/mol. The molecule has 9 heteroatoms. The van der Waals surface area contributed by atoms with E-state index in [1.54, 1.807) is 0 Å². The van der Waals surface area contributed by atoms with Crippen molar-refractivity contribution in [3.63, 3.8) is 0 Å². The number of benzene rings is 2. The number of nitrogens with one attached hydrogen (secondary N) is 1. The number of rotatable bonds is 3. The van der Waals surface area contributed by atoms with Crippen molar-refractivity contribution in [2.45, 2.75) is 4.90 Å². The lowest BCUT2D eigenvalue weighted by molar-refractivity contribution is 0.522. The largest absolute Gasteiger partial charge is 0.399 e. The van der Waals surface area contributed by atoms with Gasteiger partial charge in [-0.3, -0.25) is 4.72 Å². The maximum absolute atomic E-state index is 13.6. The number of nitrogens with two attached hydrogens (primary N) is 1. The first-order chi connectivity index (χ1) is 9.70.